The molecule has 0 saturated carbocycles. The third kappa shape index (κ3) is 5.89. The first-order chi connectivity index (χ1) is 12.1. The first-order valence-electron chi connectivity index (χ1n) is 8.18. The fourth-order valence-corrected chi connectivity index (χ4v) is 3.52. The van der Waals surface area contributed by atoms with Crippen molar-refractivity contribution in [2.45, 2.75) is 38.3 Å². The number of hydrogen-bond donors (Lipinski definition) is 2. The van der Waals surface area contributed by atoms with Crippen molar-refractivity contribution < 1.29 is 22.4 Å². The molecule has 8 heteroatoms. The van der Waals surface area contributed by atoms with Crippen LogP contribution in [0.15, 0.2) is 45.9 Å². The van der Waals surface area contributed by atoms with Gasteiger partial charge in [-0.15, -0.1) is 0 Å². The van der Waals surface area contributed by atoms with Crippen LogP contribution in [0.3, 0.4) is 0 Å². The lowest BCUT2D eigenvalue weighted by Crippen LogP contribution is -2.40. The molecule has 1 heterocycles. The van der Waals surface area contributed by atoms with Crippen LogP contribution in [-0.4, -0.2) is 33.0 Å². The van der Waals surface area contributed by atoms with Gasteiger partial charge in [0.1, 0.15) is 12.4 Å². The molecule has 1 aromatic heterocycles. The molecule has 2 N–H and O–H groups in total. The Bertz CT molecular complexity index is 866. The van der Waals surface area contributed by atoms with Crippen LogP contribution in [0.25, 0.3) is 0 Å². The maximum absolute atomic E-state index is 12.2. The Morgan fingerprint density at radius 2 is 1.92 bits per heavy atom. The topological polar surface area (TPSA) is 97.6 Å². The molecule has 0 aliphatic carbocycles. The second-order valence-electron chi connectivity index (χ2n) is 6.90. The van der Waals surface area contributed by atoms with Gasteiger partial charge in [0.15, 0.2) is 5.76 Å². The summed E-state index contributed by atoms with van der Waals surface area (Å²) in [7, 11) is -3.82. The van der Waals surface area contributed by atoms with Crippen LogP contribution in [0, 0.1) is 6.92 Å². The van der Waals surface area contributed by atoms with E-state index in [9.17, 15) is 13.2 Å². The second-order valence-corrected chi connectivity index (χ2v) is 8.51. The largest absolute Gasteiger partial charge is 0.492 e. The average Bonchev–Trinajstić information content (AvgIpc) is 3.00. The van der Waals surface area contributed by atoms with Gasteiger partial charge in [0.05, 0.1) is 6.54 Å². The molecule has 0 aliphatic heterocycles. The number of sulfonamides is 1. The minimum atomic E-state index is -3.82. The van der Waals surface area contributed by atoms with Gasteiger partial charge >= 0.3 is 0 Å². The quantitative estimate of drug-likeness (QED) is 0.719. The van der Waals surface area contributed by atoms with E-state index in [1.165, 1.54) is 12.1 Å². The fourth-order valence-electron chi connectivity index (χ4n) is 2.17. The molecule has 0 spiro atoms. The fraction of sp³-hybridized carbons (Fsp3) is 0.389. The summed E-state index contributed by atoms with van der Waals surface area (Å²) in [5.74, 6) is 0.142. The molecule has 1 amide bonds. The molecule has 0 radical (unpaired) electrons. The summed E-state index contributed by atoms with van der Waals surface area (Å²) in [5.41, 5.74) is 0.431. The SMILES string of the molecule is Cc1cccc(OCCNC(=O)c2ccc(S(=O)(=O)NC(C)(C)C)o2)c1. The summed E-state index contributed by atoms with van der Waals surface area (Å²) in [6.07, 6.45) is 0. The zero-order chi connectivity index (χ0) is 19.4. The summed E-state index contributed by atoms with van der Waals surface area (Å²) in [5, 5.41) is 2.33. The Hall–Kier alpha value is -2.32. The molecule has 1 aromatic carbocycles. The summed E-state index contributed by atoms with van der Waals surface area (Å²) < 4.78 is 37.5. The van der Waals surface area contributed by atoms with Crippen LogP contribution in [0.5, 0.6) is 5.75 Å². The van der Waals surface area contributed by atoms with Crippen molar-refractivity contribution in [3.8, 4) is 5.75 Å². The maximum atomic E-state index is 12.2. The molecule has 0 saturated heterocycles. The normalized spacial score (nSPS) is 12.0. The highest BCUT2D eigenvalue weighted by molar-refractivity contribution is 7.89. The van der Waals surface area contributed by atoms with Gasteiger partial charge in [0.25, 0.3) is 15.9 Å². The van der Waals surface area contributed by atoms with Gasteiger partial charge in [0.2, 0.25) is 5.09 Å². The first-order valence-corrected chi connectivity index (χ1v) is 9.67. The van der Waals surface area contributed by atoms with Crippen molar-refractivity contribution in [2.75, 3.05) is 13.2 Å². The van der Waals surface area contributed by atoms with Crippen LogP contribution in [0.1, 0.15) is 36.9 Å². The Labute approximate surface area is 153 Å². The Morgan fingerprint density at radius 3 is 2.58 bits per heavy atom. The molecule has 7 nitrogen and oxygen atoms in total. The number of carbonyl (C=O) groups excluding carboxylic acids is 1. The summed E-state index contributed by atoms with van der Waals surface area (Å²) in [6.45, 7) is 7.66. The van der Waals surface area contributed by atoms with Gasteiger partial charge < -0.3 is 14.5 Å². The van der Waals surface area contributed by atoms with Crippen molar-refractivity contribution >= 4 is 15.9 Å². The van der Waals surface area contributed by atoms with Gasteiger partial charge in [-0.1, -0.05) is 12.1 Å². The minimum Gasteiger partial charge on any atom is -0.492 e. The lowest BCUT2D eigenvalue weighted by molar-refractivity contribution is 0.0914. The molecular weight excluding hydrogens is 356 g/mol. The third-order valence-corrected chi connectivity index (χ3v) is 4.79. The van der Waals surface area contributed by atoms with Gasteiger partial charge in [-0.3, -0.25) is 4.79 Å². The number of furan rings is 1. The van der Waals surface area contributed by atoms with Crippen LogP contribution >= 0.6 is 0 Å². The molecule has 142 valence electrons. The highest BCUT2D eigenvalue weighted by Crippen LogP contribution is 2.16. The molecule has 2 aromatic rings. The van der Waals surface area contributed by atoms with Crippen LogP contribution < -0.4 is 14.8 Å². The Balaban J connectivity index is 1.88. The van der Waals surface area contributed by atoms with E-state index in [0.717, 1.165) is 11.3 Å². The summed E-state index contributed by atoms with van der Waals surface area (Å²) >= 11 is 0. The van der Waals surface area contributed by atoms with Crippen LogP contribution in [0.4, 0.5) is 0 Å². The van der Waals surface area contributed by atoms with Crippen molar-refractivity contribution in [2.24, 2.45) is 0 Å². The number of ether oxygens (including phenoxy) is 1. The Kier molecular flexibility index (Phi) is 6.09. The van der Waals surface area contributed by atoms with E-state index in [0.29, 0.717) is 0 Å². The number of nitrogens with one attached hydrogen (secondary N) is 2. The molecule has 2 rings (SSSR count). The van der Waals surface area contributed by atoms with E-state index < -0.39 is 21.5 Å². The van der Waals surface area contributed by atoms with Crippen molar-refractivity contribution in [3.63, 3.8) is 0 Å². The smallest absolute Gasteiger partial charge is 0.287 e. The number of amides is 1. The number of benzene rings is 1. The summed E-state index contributed by atoms with van der Waals surface area (Å²) in [4.78, 5) is 12.1. The predicted octanol–water partition coefficient (Wildman–Crippen LogP) is 2.47. The molecule has 0 fully saturated rings. The highest BCUT2D eigenvalue weighted by atomic mass is 32.2. The standard InChI is InChI=1S/C18H24N2O5S/c1-13-6-5-7-14(12-13)24-11-10-19-17(21)15-8-9-16(25-15)26(22,23)20-18(2,3)4/h5-9,12,20H,10-11H2,1-4H3,(H,19,21). The number of hydrogen-bond acceptors (Lipinski definition) is 5. The van der Waals surface area contributed by atoms with E-state index in [-0.39, 0.29) is 24.0 Å². The van der Waals surface area contributed by atoms with Crippen molar-refractivity contribution in [1.29, 1.82) is 0 Å². The van der Waals surface area contributed by atoms with Gasteiger partial charge in [-0.05, 0) is 57.5 Å². The van der Waals surface area contributed by atoms with Gasteiger partial charge in [0, 0.05) is 5.54 Å². The molecule has 0 aliphatic rings. The number of aryl methyl sites for hydroxylation is 1. The molecule has 0 unspecified atom stereocenters. The van der Waals surface area contributed by atoms with Crippen molar-refractivity contribution in [3.05, 3.63) is 47.7 Å². The van der Waals surface area contributed by atoms with E-state index >= 15 is 0 Å². The van der Waals surface area contributed by atoms with E-state index in [2.05, 4.69) is 10.0 Å². The zero-order valence-electron chi connectivity index (χ0n) is 15.3. The van der Waals surface area contributed by atoms with E-state index in [1.807, 2.05) is 31.2 Å². The monoisotopic (exact) mass is 380 g/mol. The predicted molar refractivity (Wildman–Crippen MR) is 97.8 cm³/mol. The summed E-state index contributed by atoms with van der Waals surface area (Å²) in [6, 6.07) is 10.2. The van der Waals surface area contributed by atoms with E-state index in [1.54, 1.807) is 20.8 Å². The molecule has 0 bridgehead atoms. The number of carbonyl (C=O) groups is 1. The Morgan fingerprint density at radius 1 is 1.19 bits per heavy atom. The van der Waals surface area contributed by atoms with Crippen LogP contribution in [0.2, 0.25) is 0 Å². The zero-order valence-corrected chi connectivity index (χ0v) is 16.1. The molecule has 26 heavy (non-hydrogen) atoms. The molecule has 0 atom stereocenters. The lowest BCUT2D eigenvalue weighted by atomic mass is 10.1. The first kappa shape index (κ1) is 20.0. The minimum absolute atomic E-state index is 0.0742. The molecular formula is C18H24N2O5S. The van der Waals surface area contributed by atoms with Gasteiger partial charge in [-0.2, -0.15) is 0 Å². The van der Waals surface area contributed by atoms with Crippen molar-refractivity contribution in [1.82, 2.24) is 10.0 Å². The lowest BCUT2D eigenvalue weighted by Gasteiger charge is -2.18. The third-order valence-electron chi connectivity index (χ3n) is 3.16. The average molecular weight is 380 g/mol. The van der Waals surface area contributed by atoms with Gasteiger partial charge in [-0.25, -0.2) is 13.1 Å². The second kappa shape index (κ2) is 7.92. The highest BCUT2D eigenvalue weighted by Gasteiger charge is 2.26. The van der Waals surface area contributed by atoms with Crippen LogP contribution in [-0.2, 0) is 10.0 Å². The maximum Gasteiger partial charge on any atom is 0.287 e. The van der Waals surface area contributed by atoms with E-state index in [4.69, 9.17) is 9.15 Å². The number of rotatable bonds is 7.